The summed E-state index contributed by atoms with van der Waals surface area (Å²) in [4.78, 5) is 19.6. The maximum atomic E-state index is 13.0. The van der Waals surface area contributed by atoms with E-state index in [9.17, 15) is 21.6 Å². The van der Waals surface area contributed by atoms with Gasteiger partial charge >= 0.3 is 20.2 Å². The Morgan fingerprint density at radius 2 is 1.32 bits per heavy atom. The summed E-state index contributed by atoms with van der Waals surface area (Å²) >= 11 is 0. The van der Waals surface area contributed by atoms with Crippen molar-refractivity contribution in [2.45, 2.75) is 30.2 Å². The second-order valence-electron chi connectivity index (χ2n) is 8.14. The molecule has 12 heteroatoms. The molecule has 0 saturated carbocycles. The Labute approximate surface area is 220 Å². The van der Waals surface area contributed by atoms with E-state index >= 15 is 0 Å². The van der Waals surface area contributed by atoms with Gasteiger partial charge in [0.05, 0.1) is 5.69 Å². The monoisotopic (exact) mass is 554 g/mol. The molecule has 0 aliphatic rings. The highest BCUT2D eigenvalue weighted by atomic mass is 32.2. The van der Waals surface area contributed by atoms with Crippen molar-refractivity contribution in [3.63, 3.8) is 0 Å². The SMILES string of the molecule is Cc1ccc(S(=O)(=O)Oc2cc(OCc3ccncn3)c(C=O)c(OS(=O)(=O)c3ccc(C)cc3)c2)cc1. The van der Waals surface area contributed by atoms with E-state index in [2.05, 4.69) is 9.97 Å². The maximum Gasteiger partial charge on any atom is 0.339 e. The van der Waals surface area contributed by atoms with Gasteiger partial charge in [-0.2, -0.15) is 16.8 Å². The second kappa shape index (κ2) is 11.0. The predicted molar refractivity (Wildman–Crippen MR) is 136 cm³/mol. The van der Waals surface area contributed by atoms with Crippen molar-refractivity contribution in [2.24, 2.45) is 0 Å². The van der Waals surface area contributed by atoms with Crippen LogP contribution in [0, 0.1) is 13.8 Å². The molecule has 1 aromatic heterocycles. The Bertz CT molecular complexity index is 1660. The number of benzene rings is 3. The number of aromatic nitrogens is 2. The number of hydrogen-bond donors (Lipinski definition) is 0. The summed E-state index contributed by atoms with van der Waals surface area (Å²) in [6, 6.07) is 15.5. The lowest BCUT2D eigenvalue weighted by Crippen LogP contribution is -2.13. The van der Waals surface area contributed by atoms with Gasteiger partial charge in [-0.15, -0.1) is 0 Å². The van der Waals surface area contributed by atoms with Crippen LogP contribution in [0.2, 0.25) is 0 Å². The summed E-state index contributed by atoms with van der Waals surface area (Å²) in [6.45, 7) is 3.45. The first kappa shape index (κ1) is 26.8. The molecule has 0 spiro atoms. The fourth-order valence-corrected chi connectivity index (χ4v) is 5.09. The summed E-state index contributed by atoms with van der Waals surface area (Å²) < 4.78 is 68.0. The van der Waals surface area contributed by atoms with Crippen molar-refractivity contribution in [3.05, 3.63) is 102 Å². The summed E-state index contributed by atoms with van der Waals surface area (Å²) in [5.41, 5.74) is 1.85. The molecule has 0 N–H and O–H groups in total. The van der Waals surface area contributed by atoms with Gasteiger partial charge < -0.3 is 13.1 Å². The minimum Gasteiger partial charge on any atom is -0.486 e. The van der Waals surface area contributed by atoms with Gasteiger partial charge in [0.1, 0.15) is 39.8 Å². The molecule has 0 amide bonds. The Balaban J connectivity index is 1.75. The maximum absolute atomic E-state index is 13.0. The molecule has 0 radical (unpaired) electrons. The summed E-state index contributed by atoms with van der Waals surface area (Å²) in [5, 5.41) is 0. The van der Waals surface area contributed by atoms with E-state index in [1.54, 1.807) is 44.2 Å². The van der Waals surface area contributed by atoms with Crippen LogP contribution in [0.25, 0.3) is 0 Å². The van der Waals surface area contributed by atoms with E-state index in [-0.39, 0.29) is 33.5 Å². The number of carbonyl (C=O) groups excluding carboxylic acids is 1. The minimum absolute atomic E-state index is 0.124. The summed E-state index contributed by atoms with van der Waals surface area (Å²) in [5.74, 6) is -0.984. The zero-order chi connectivity index (χ0) is 27.3. The van der Waals surface area contributed by atoms with Crippen LogP contribution in [-0.4, -0.2) is 33.1 Å². The van der Waals surface area contributed by atoms with E-state index in [0.717, 1.165) is 23.3 Å². The molecule has 1 heterocycles. The van der Waals surface area contributed by atoms with Gasteiger partial charge in [0.15, 0.2) is 12.0 Å². The first-order valence-electron chi connectivity index (χ1n) is 11.1. The van der Waals surface area contributed by atoms with E-state index < -0.39 is 26.0 Å². The van der Waals surface area contributed by atoms with Crippen molar-refractivity contribution in [1.29, 1.82) is 0 Å². The molecule has 0 saturated heterocycles. The number of aldehydes is 1. The van der Waals surface area contributed by atoms with Crippen LogP contribution in [0.5, 0.6) is 17.2 Å². The third-order valence-corrected chi connectivity index (χ3v) is 7.75. The van der Waals surface area contributed by atoms with E-state index in [0.29, 0.717) is 12.0 Å². The van der Waals surface area contributed by atoms with Crippen molar-refractivity contribution in [2.75, 3.05) is 0 Å². The highest BCUT2D eigenvalue weighted by Gasteiger charge is 2.25. The lowest BCUT2D eigenvalue weighted by molar-refractivity contribution is 0.111. The topological polar surface area (TPSA) is 139 Å². The van der Waals surface area contributed by atoms with Crippen molar-refractivity contribution >= 4 is 26.5 Å². The standard InChI is InChI=1S/C26H22N2O8S2/c1-18-3-7-22(8-4-18)37(30,31)35-21-13-25(34-16-20-11-12-27-17-28-20)24(15-29)26(14-21)36-38(32,33)23-9-5-19(2)6-10-23/h3-15,17H,16H2,1-2H3. The van der Waals surface area contributed by atoms with Crippen molar-refractivity contribution < 1.29 is 34.7 Å². The van der Waals surface area contributed by atoms with Crippen LogP contribution in [0.4, 0.5) is 0 Å². The van der Waals surface area contributed by atoms with Crippen molar-refractivity contribution in [3.8, 4) is 17.2 Å². The Morgan fingerprint density at radius 1 is 0.763 bits per heavy atom. The van der Waals surface area contributed by atoms with Crippen LogP contribution < -0.4 is 13.1 Å². The van der Waals surface area contributed by atoms with E-state index in [1.807, 2.05) is 0 Å². The average Bonchev–Trinajstić information content (AvgIpc) is 2.88. The molecule has 10 nitrogen and oxygen atoms in total. The van der Waals surface area contributed by atoms with Gasteiger partial charge in [-0.3, -0.25) is 4.79 Å². The molecule has 38 heavy (non-hydrogen) atoms. The molecule has 4 aromatic rings. The number of carbonyl (C=O) groups is 1. The highest BCUT2D eigenvalue weighted by molar-refractivity contribution is 7.87. The number of ether oxygens (including phenoxy) is 1. The molecule has 0 aliphatic carbocycles. The van der Waals surface area contributed by atoms with Gasteiger partial charge in [-0.25, -0.2) is 9.97 Å². The molecule has 0 atom stereocenters. The Morgan fingerprint density at radius 3 is 1.84 bits per heavy atom. The van der Waals surface area contributed by atoms with Gasteiger partial charge in [0.25, 0.3) is 0 Å². The average molecular weight is 555 g/mol. The van der Waals surface area contributed by atoms with Crippen LogP contribution in [0.1, 0.15) is 27.2 Å². The molecular formula is C26H22N2O8S2. The molecule has 196 valence electrons. The normalized spacial score (nSPS) is 11.5. The Hall–Kier alpha value is -4.29. The van der Waals surface area contributed by atoms with Crippen LogP contribution in [0.15, 0.2) is 89.0 Å². The molecule has 0 bridgehead atoms. The number of hydrogen-bond acceptors (Lipinski definition) is 10. The predicted octanol–water partition coefficient (Wildman–Crippen LogP) is 4.02. The zero-order valence-corrected chi connectivity index (χ0v) is 21.9. The smallest absolute Gasteiger partial charge is 0.339 e. The molecule has 3 aromatic carbocycles. The summed E-state index contributed by atoms with van der Waals surface area (Å²) in [7, 11) is -8.72. The molecule has 0 unspecified atom stereocenters. The third kappa shape index (κ3) is 6.33. The fourth-order valence-electron chi connectivity index (χ4n) is 3.24. The van der Waals surface area contributed by atoms with Crippen LogP contribution in [-0.2, 0) is 26.8 Å². The second-order valence-corrected chi connectivity index (χ2v) is 11.2. The van der Waals surface area contributed by atoms with Crippen LogP contribution >= 0.6 is 0 Å². The molecule has 4 rings (SSSR count). The minimum atomic E-state index is -4.40. The summed E-state index contributed by atoms with van der Waals surface area (Å²) in [6.07, 6.45) is 3.13. The number of nitrogens with zero attached hydrogens (tertiary/aromatic N) is 2. The van der Waals surface area contributed by atoms with Gasteiger partial charge in [-0.1, -0.05) is 35.4 Å². The lowest BCUT2D eigenvalue weighted by atomic mass is 10.2. The Kier molecular flexibility index (Phi) is 7.74. The van der Waals surface area contributed by atoms with E-state index in [1.165, 1.54) is 36.8 Å². The van der Waals surface area contributed by atoms with Gasteiger partial charge in [0, 0.05) is 18.3 Å². The van der Waals surface area contributed by atoms with Crippen molar-refractivity contribution in [1.82, 2.24) is 9.97 Å². The first-order chi connectivity index (χ1) is 18.1. The van der Waals surface area contributed by atoms with E-state index in [4.69, 9.17) is 13.1 Å². The third-order valence-electron chi connectivity index (χ3n) is 5.24. The lowest BCUT2D eigenvalue weighted by Gasteiger charge is -2.16. The first-order valence-corrected chi connectivity index (χ1v) is 13.9. The van der Waals surface area contributed by atoms with Gasteiger partial charge in [0.2, 0.25) is 0 Å². The fraction of sp³-hybridized carbons (Fsp3) is 0.115. The number of rotatable bonds is 10. The molecular weight excluding hydrogens is 532 g/mol. The molecule has 0 aliphatic heterocycles. The van der Waals surface area contributed by atoms with Crippen LogP contribution in [0.3, 0.4) is 0 Å². The number of aryl methyl sites for hydroxylation is 2. The zero-order valence-electron chi connectivity index (χ0n) is 20.3. The highest BCUT2D eigenvalue weighted by Crippen LogP contribution is 2.36. The molecule has 0 fully saturated rings. The quantitative estimate of drug-likeness (QED) is 0.209. The largest absolute Gasteiger partial charge is 0.486 e. The van der Waals surface area contributed by atoms with Gasteiger partial charge in [-0.05, 0) is 44.2 Å².